The highest BCUT2D eigenvalue weighted by molar-refractivity contribution is 7.14. The lowest BCUT2D eigenvalue weighted by molar-refractivity contribution is 0.0988. The number of aromatic nitrogens is 3. The smallest absolute Gasteiger partial charge is 0.296 e. The number of hydrogen-bond acceptors (Lipinski definition) is 5. The number of anilines is 1. The third-order valence-electron chi connectivity index (χ3n) is 3.73. The Hall–Kier alpha value is -2.93. The molecular weight excluding hydrogens is 324 g/mol. The topological polar surface area (TPSA) is 83.8 Å². The third kappa shape index (κ3) is 2.48. The average Bonchev–Trinajstić information content (AvgIpc) is 3.25. The zero-order valence-electron chi connectivity index (χ0n) is 13.1. The molecule has 0 radical (unpaired) electrons. The van der Waals surface area contributed by atoms with Crippen LogP contribution in [0.1, 0.15) is 21.9 Å². The van der Waals surface area contributed by atoms with Crippen molar-refractivity contribution in [2.24, 2.45) is 0 Å². The number of thiazole rings is 1. The van der Waals surface area contributed by atoms with Gasteiger partial charge in [-0.1, -0.05) is 23.4 Å². The number of carbonyl (C=O) groups excluding carboxylic acids is 1. The van der Waals surface area contributed by atoms with Gasteiger partial charge in [0.1, 0.15) is 0 Å². The molecule has 0 atom stereocenters. The first-order valence-electron chi connectivity index (χ1n) is 7.39. The van der Waals surface area contributed by atoms with E-state index in [1.807, 2.05) is 30.5 Å². The Labute approximate surface area is 141 Å². The van der Waals surface area contributed by atoms with E-state index < -0.39 is 0 Å². The largest absolute Gasteiger partial charge is 0.358 e. The molecule has 0 aliphatic rings. The van der Waals surface area contributed by atoms with E-state index in [1.165, 1.54) is 11.3 Å². The van der Waals surface area contributed by atoms with E-state index in [2.05, 4.69) is 26.5 Å². The Bertz CT molecular complexity index is 1040. The molecule has 1 amide bonds. The number of hydrogen-bond donors (Lipinski definition) is 2. The van der Waals surface area contributed by atoms with Crippen molar-refractivity contribution in [1.29, 1.82) is 0 Å². The molecular formula is C17H14N4O2S. The molecule has 0 aliphatic carbocycles. The number of aromatic amines is 1. The number of benzene rings is 1. The van der Waals surface area contributed by atoms with Gasteiger partial charge in [-0.05, 0) is 19.9 Å². The molecule has 4 aromatic rings. The summed E-state index contributed by atoms with van der Waals surface area (Å²) in [7, 11) is 0. The van der Waals surface area contributed by atoms with Gasteiger partial charge >= 0.3 is 0 Å². The molecule has 7 heteroatoms. The molecule has 0 aliphatic heterocycles. The van der Waals surface area contributed by atoms with Crippen LogP contribution in [0.25, 0.3) is 22.2 Å². The molecule has 0 spiro atoms. The fourth-order valence-corrected chi connectivity index (χ4v) is 3.38. The van der Waals surface area contributed by atoms with Crippen LogP contribution in [0.4, 0.5) is 5.13 Å². The standard InChI is InChI=1S/C17H14N4O2S/c1-9-7-14(23-21-9)16(22)20-17-19-13(8-24-17)15-10(2)18-12-6-4-3-5-11(12)15/h3-8,18H,1-2H3,(H,19,20,22). The maximum absolute atomic E-state index is 12.1. The first-order chi connectivity index (χ1) is 11.6. The summed E-state index contributed by atoms with van der Waals surface area (Å²) >= 11 is 1.38. The maximum Gasteiger partial charge on any atom is 0.296 e. The lowest BCUT2D eigenvalue weighted by atomic mass is 10.1. The number of aryl methyl sites for hydroxylation is 2. The number of amides is 1. The van der Waals surface area contributed by atoms with Crippen LogP contribution in [0.5, 0.6) is 0 Å². The van der Waals surface area contributed by atoms with Gasteiger partial charge in [-0.3, -0.25) is 10.1 Å². The predicted octanol–water partition coefficient (Wildman–Crippen LogP) is 4.15. The number of rotatable bonds is 3. The Balaban J connectivity index is 1.65. The number of H-pyrrole nitrogens is 1. The van der Waals surface area contributed by atoms with E-state index in [0.29, 0.717) is 10.8 Å². The van der Waals surface area contributed by atoms with Gasteiger partial charge in [0, 0.05) is 33.6 Å². The van der Waals surface area contributed by atoms with Crippen LogP contribution in [0.3, 0.4) is 0 Å². The molecule has 3 aromatic heterocycles. The van der Waals surface area contributed by atoms with Crippen LogP contribution in [0, 0.1) is 13.8 Å². The summed E-state index contributed by atoms with van der Waals surface area (Å²) in [4.78, 5) is 20.0. The van der Waals surface area contributed by atoms with Gasteiger partial charge in [0.2, 0.25) is 5.76 Å². The van der Waals surface area contributed by atoms with Crippen LogP contribution >= 0.6 is 11.3 Å². The summed E-state index contributed by atoms with van der Waals surface area (Å²) in [6.07, 6.45) is 0. The number of nitrogens with one attached hydrogen (secondary N) is 2. The molecule has 6 nitrogen and oxygen atoms in total. The van der Waals surface area contributed by atoms with E-state index in [9.17, 15) is 4.79 Å². The molecule has 4 rings (SSSR count). The summed E-state index contributed by atoms with van der Waals surface area (Å²) in [6, 6.07) is 9.68. The van der Waals surface area contributed by atoms with Gasteiger partial charge in [-0.15, -0.1) is 11.3 Å². The van der Waals surface area contributed by atoms with Crippen LogP contribution in [-0.2, 0) is 0 Å². The quantitative estimate of drug-likeness (QED) is 0.588. The molecule has 0 fully saturated rings. The van der Waals surface area contributed by atoms with Crippen molar-refractivity contribution in [2.45, 2.75) is 13.8 Å². The van der Waals surface area contributed by atoms with Crippen LogP contribution in [0.15, 0.2) is 40.2 Å². The van der Waals surface area contributed by atoms with Crippen molar-refractivity contribution in [2.75, 3.05) is 5.32 Å². The molecule has 0 unspecified atom stereocenters. The van der Waals surface area contributed by atoms with Crippen molar-refractivity contribution in [3.63, 3.8) is 0 Å². The SMILES string of the molecule is Cc1cc(C(=O)Nc2nc(-c3c(C)[nH]c4ccccc34)cs2)on1. The Kier molecular flexibility index (Phi) is 3.42. The highest BCUT2D eigenvalue weighted by atomic mass is 32.1. The maximum atomic E-state index is 12.1. The third-order valence-corrected chi connectivity index (χ3v) is 4.48. The number of carbonyl (C=O) groups is 1. The second kappa shape index (κ2) is 5.61. The Morgan fingerprint density at radius 2 is 2.12 bits per heavy atom. The second-order valence-corrected chi connectivity index (χ2v) is 6.35. The van der Waals surface area contributed by atoms with E-state index >= 15 is 0 Å². The predicted molar refractivity (Wildman–Crippen MR) is 93.3 cm³/mol. The number of para-hydroxylation sites is 1. The highest BCUT2D eigenvalue weighted by Crippen LogP contribution is 2.33. The molecule has 3 heterocycles. The number of fused-ring (bicyclic) bond motifs is 1. The van der Waals surface area contributed by atoms with Gasteiger partial charge in [0.25, 0.3) is 5.91 Å². The summed E-state index contributed by atoms with van der Waals surface area (Å²) in [5.74, 6) is -0.181. The number of nitrogens with zero attached hydrogens (tertiary/aromatic N) is 2. The summed E-state index contributed by atoms with van der Waals surface area (Å²) in [5, 5.41) is 10.0. The fraction of sp³-hybridized carbons (Fsp3) is 0.118. The van der Waals surface area contributed by atoms with E-state index in [1.54, 1.807) is 13.0 Å². The molecule has 0 bridgehead atoms. The van der Waals surface area contributed by atoms with Crippen molar-refractivity contribution in [1.82, 2.24) is 15.1 Å². The van der Waals surface area contributed by atoms with Crippen LogP contribution in [-0.4, -0.2) is 21.0 Å². The molecule has 24 heavy (non-hydrogen) atoms. The van der Waals surface area contributed by atoms with Gasteiger partial charge < -0.3 is 9.51 Å². The monoisotopic (exact) mass is 338 g/mol. The summed E-state index contributed by atoms with van der Waals surface area (Å²) in [5.41, 5.74) is 4.66. The van der Waals surface area contributed by atoms with Crippen molar-refractivity contribution in [3.05, 3.63) is 52.9 Å². The fourth-order valence-electron chi connectivity index (χ4n) is 2.68. The first kappa shape index (κ1) is 14.6. The van der Waals surface area contributed by atoms with Gasteiger partial charge in [-0.2, -0.15) is 0 Å². The van der Waals surface area contributed by atoms with E-state index in [4.69, 9.17) is 4.52 Å². The van der Waals surface area contributed by atoms with Crippen LogP contribution in [0.2, 0.25) is 0 Å². The zero-order chi connectivity index (χ0) is 16.7. The van der Waals surface area contributed by atoms with Crippen LogP contribution < -0.4 is 5.32 Å². The molecule has 0 saturated heterocycles. The minimum absolute atomic E-state index is 0.174. The highest BCUT2D eigenvalue weighted by Gasteiger charge is 2.16. The minimum Gasteiger partial charge on any atom is -0.358 e. The molecule has 2 N–H and O–H groups in total. The molecule has 0 saturated carbocycles. The Morgan fingerprint density at radius 1 is 1.29 bits per heavy atom. The van der Waals surface area contributed by atoms with E-state index in [0.717, 1.165) is 27.9 Å². The van der Waals surface area contributed by atoms with Crippen molar-refractivity contribution < 1.29 is 9.32 Å². The van der Waals surface area contributed by atoms with Gasteiger partial charge in [0.05, 0.1) is 11.4 Å². The average molecular weight is 338 g/mol. The Morgan fingerprint density at radius 3 is 2.92 bits per heavy atom. The summed E-state index contributed by atoms with van der Waals surface area (Å²) in [6.45, 7) is 3.78. The lowest BCUT2D eigenvalue weighted by Crippen LogP contribution is -2.10. The first-order valence-corrected chi connectivity index (χ1v) is 8.27. The second-order valence-electron chi connectivity index (χ2n) is 5.50. The van der Waals surface area contributed by atoms with Gasteiger partial charge in [-0.25, -0.2) is 4.98 Å². The van der Waals surface area contributed by atoms with Gasteiger partial charge in [0.15, 0.2) is 5.13 Å². The normalized spacial score (nSPS) is 11.1. The van der Waals surface area contributed by atoms with E-state index in [-0.39, 0.29) is 11.7 Å². The molecule has 120 valence electrons. The minimum atomic E-state index is -0.354. The van der Waals surface area contributed by atoms with Crippen molar-refractivity contribution in [3.8, 4) is 11.3 Å². The summed E-state index contributed by atoms with van der Waals surface area (Å²) < 4.78 is 4.96. The molecule has 1 aromatic carbocycles. The lowest BCUT2D eigenvalue weighted by Gasteiger charge is -1.98. The van der Waals surface area contributed by atoms with Crippen molar-refractivity contribution >= 4 is 33.3 Å². The zero-order valence-corrected chi connectivity index (χ0v) is 13.9.